The van der Waals surface area contributed by atoms with Crippen molar-refractivity contribution in [3.05, 3.63) is 11.1 Å². The Morgan fingerprint density at radius 2 is 1.73 bits per heavy atom. The van der Waals surface area contributed by atoms with E-state index in [1.807, 2.05) is 0 Å². The Morgan fingerprint density at radius 1 is 1.18 bits per heavy atom. The molecule has 11 heavy (non-hydrogen) atoms. The number of allylic oxidation sites excluding steroid dienone is 1. The Bertz CT molecular complexity index is 226. The highest BCUT2D eigenvalue weighted by atomic mass is 14.8. The van der Waals surface area contributed by atoms with Gasteiger partial charge in [-0.3, -0.25) is 4.99 Å². The van der Waals surface area contributed by atoms with Crippen LogP contribution in [-0.4, -0.2) is 12.3 Å². The van der Waals surface area contributed by atoms with Gasteiger partial charge in [0, 0.05) is 11.1 Å². The predicted molar refractivity (Wildman–Crippen MR) is 50.1 cm³/mol. The molecule has 0 saturated carbocycles. The van der Waals surface area contributed by atoms with E-state index >= 15 is 0 Å². The summed E-state index contributed by atoms with van der Waals surface area (Å²) in [6, 6.07) is 0. The lowest BCUT2D eigenvalue weighted by Gasteiger charge is -2.19. The molecular weight excluding hydrogens is 134 g/mol. The molecule has 0 aromatic carbocycles. The van der Waals surface area contributed by atoms with Gasteiger partial charge in [0.25, 0.3) is 0 Å². The minimum Gasteiger partial charge on any atom is -0.285 e. The van der Waals surface area contributed by atoms with E-state index in [0.29, 0.717) is 0 Å². The lowest BCUT2D eigenvalue weighted by molar-refractivity contribution is 0.591. The Kier molecular flexibility index (Phi) is 1.91. The quantitative estimate of drug-likeness (QED) is 0.505. The summed E-state index contributed by atoms with van der Waals surface area (Å²) in [5, 5.41) is 0. The van der Waals surface area contributed by atoms with E-state index in [9.17, 15) is 0 Å². The first-order valence-corrected chi connectivity index (χ1v) is 4.14. The van der Waals surface area contributed by atoms with Crippen molar-refractivity contribution in [3.8, 4) is 0 Å². The summed E-state index contributed by atoms with van der Waals surface area (Å²) < 4.78 is 0. The first kappa shape index (κ1) is 8.51. The van der Waals surface area contributed by atoms with Crippen molar-refractivity contribution in [1.82, 2.24) is 0 Å². The minimum absolute atomic E-state index is 0.224. The van der Waals surface area contributed by atoms with Crippen molar-refractivity contribution in [1.29, 1.82) is 0 Å². The largest absolute Gasteiger partial charge is 0.285 e. The maximum Gasteiger partial charge on any atom is 0.0606 e. The van der Waals surface area contributed by atoms with Crippen LogP contribution < -0.4 is 0 Å². The maximum absolute atomic E-state index is 4.51. The van der Waals surface area contributed by atoms with Crippen LogP contribution in [0.15, 0.2) is 16.1 Å². The standard InChI is InChI=1S/C10H17N/c1-7-6-11-9(8(7)2)10(3,4)5/h6H2,1-5H3. The van der Waals surface area contributed by atoms with Crippen LogP contribution in [0.5, 0.6) is 0 Å². The van der Waals surface area contributed by atoms with Gasteiger partial charge in [-0.15, -0.1) is 0 Å². The van der Waals surface area contributed by atoms with Crippen LogP contribution in [0.3, 0.4) is 0 Å². The summed E-state index contributed by atoms with van der Waals surface area (Å²) in [5.41, 5.74) is 4.34. The first-order valence-electron chi connectivity index (χ1n) is 4.14. The molecule has 0 aromatic rings. The van der Waals surface area contributed by atoms with Crippen molar-refractivity contribution >= 4 is 5.71 Å². The second-order valence-corrected chi connectivity index (χ2v) is 4.32. The molecule has 0 atom stereocenters. The predicted octanol–water partition coefficient (Wildman–Crippen LogP) is 2.82. The Balaban J connectivity index is 2.94. The SMILES string of the molecule is CC1=C(C)C(C(C)(C)C)=NC1. The van der Waals surface area contributed by atoms with Gasteiger partial charge >= 0.3 is 0 Å². The molecule has 0 aliphatic carbocycles. The van der Waals surface area contributed by atoms with E-state index in [4.69, 9.17) is 0 Å². The fraction of sp³-hybridized carbons (Fsp3) is 0.700. The molecule has 0 N–H and O–H groups in total. The molecule has 0 fully saturated rings. The van der Waals surface area contributed by atoms with E-state index in [2.05, 4.69) is 39.6 Å². The van der Waals surface area contributed by atoms with Crippen molar-refractivity contribution in [2.75, 3.05) is 6.54 Å². The molecule has 0 bridgehead atoms. The molecule has 0 spiro atoms. The van der Waals surface area contributed by atoms with Gasteiger partial charge in [-0.1, -0.05) is 20.8 Å². The van der Waals surface area contributed by atoms with Crippen LogP contribution >= 0.6 is 0 Å². The third kappa shape index (κ3) is 1.52. The lowest BCUT2D eigenvalue weighted by atomic mass is 9.86. The van der Waals surface area contributed by atoms with Gasteiger partial charge in [-0.05, 0) is 25.0 Å². The molecule has 1 rings (SSSR count). The van der Waals surface area contributed by atoms with Crippen molar-refractivity contribution in [2.45, 2.75) is 34.6 Å². The molecule has 0 saturated heterocycles. The molecule has 1 heteroatoms. The average molecular weight is 151 g/mol. The molecule has 0 unspecified atom stereocenters. The number of aliphatic imine (C=N–C) groups is 1. The Labute approximate surface area is 69.2 Å². The smallest absolute Gasteiger partial charge is 0.0606 e. The van der Waals surface area contributed by atoms with E-state index in [1.54, 1.807) is 0 Å². The van der Waals surface area contributed by atoms with Gasteiger partial charge in [0.15, 0.2) is 0 Å². The van der Waals surface area contributed by atoms with E-state index < -0.39 is 0 Å². The van der Waals surface area contributed by atoms with Gasteiger partial charge < -0.3 is 0 Å². The molecule has 1 heterocycles. The minimum atomic E-state index is 0.224. The van der Waals surface area contributed by atoms with Gasteiger partial charge in [0.2, 0.25) is 0 Å². The highest BCUT2D eigenvalue weighted by Crippen LogP contribution is 2.27. The molecule has 0 radical (unpaired) electrons. The third-order valence-corrected chi connectivity index (χ3v) is 2.18. The van der Waals surface area contributed by atoms with Crippen LogP contribution in [0, 0.1) is 5.41 Å². The van der Waals surface area contributed by atoms with Crippen LogP contribution in [0.1, 0.15) is 34.6 Å². The summed E-state index contributed by atoms with van der Waals surface area (Å²) in [6.45, 7) is 11.9. The van der Waals surface area contributed by atoms with E-state index in [0.717, 1.165) is 6.54 Å². The highest BCUT2D eigenvalue weighted by molar-refractivity contribution is 6.05. The third-order valence-electron chi connectivity index (χ3n) is 2.18. The summed E-state index contributed by atoms with van der Waals surface area (Å²) in [6.07, 6.45) is 0. The number of hydrogen-bond donors (Lipinski definition) is 0. The number of hydrogen-bond acceptors (Lipinski definition) is 1. The number of nitrogens with zero attached hydrogens (tertiary/aromatic N) is 1. The van der Waals surface area contributed by atoms with E-state index in [-0.39, 0.29) is 5.41 Å². The highest BCUT2D eigenvalue weighted by Gasteiger charge is 2.24. The summed E-state index contributed by atoms with van der Waals surface area (Å²) in [4.78, 5) is 4.51. The second-order valence-electron chi connectivity index (χ2n) is 4.32. The second kappa shape index (κ2) is 2.47. The van der Waals surface area contributed by atoms with Crippen molar-refractivity contribution in [2.24, 2.45) is 10.4 Å². The average Bonchev–Trinajstić information content (AvgIpc) is 2.11. The Morgan fingerprint density at radius 3 is 1.91 bits per heavy atom. The maximum atomic E-state index is 4.51. The van der Waals surface area contributed by atoms with Crippen LogP contribution in [0.2, 0.25) is 0 Å². The molecule has 62 valence electrons. The zero-order valence-electron chi connectivity index (χ0n) is 8.15. The lowest BCUT2D eigenvalue weighted by Crippen LogP contribution is -2.19. The van der Waals surface area contributed by atoms with Gasteiger partial charge in [-0.2, -0.15) is 0 Å². The van der Waals surface area contributed by atoms with E-state index in [1.165, 1.54) is 16.9 Å². The number of rotatable bonds is 0. The van der Waals surface area contributed by atoms with Gasteiger partial charge in [0.05, 0.1) is 6.54 Å². The van der Waals surface area contributed by atoms with Crippen LogP contribution in [0.25, 0.3) is 0 Å². The van der Waals surface area contributed by atoms with Crippen LogP contribution in [-0.2, 0) is 0 Å². The summed E-state index contributed by atoms with van der Waals surface area (Å²) >= 11 is 0. The topological polar surface area (TPSA) is 12.4 Å². The normalized spacial score (nSPS) is 19.2. The van der Waals surface area contributed by atoms with Crippen molar-refractivity contribution in [3.63, 3.8) is 0 Å². The van der Waals surface area contributed by atoms with Crippen molar-refractivity contribution < 1.29 is 0 Å². The molecule has 0 amide bonds. The summed E-state index contributed by atoms with van der Waals surface area (Å²) in [7, 11) is 0. The van der Waals surface area contributed by atoms with Gasteiger partial charge in [-0.25, -0.2) is 0 Å². The monoisotopic (exact) mass is 151 g/mol. The molecule has 1 aliphatic heterocycles. The zero-order valence-corrected chi connectivity index (χ0v) is 8.15. The fourth-order valence-electron chi connectivity index (χ4n) is 1.44. The molecule has 1 nitrogen and oxygen atoms in total. The first-order chi connectivity index (χ1) is 4.93. The summed E-state index contributed by atoms with van der Waals surface area (Å²) in [5.74, 6) is 0. The van der Waals surface area contributed by atoms with Gasteiger partial charge in [0.1, 0.15) is 0 Å². The Hall–Kier alpha value is -0.590. The van der Waals surface area contributed by atoms with Crippen LogP contribution in [0.4, 0.5) is 0 Å². The zero-order chi connectivity index (χ0) is 8.65. The molecule has 0 aromatic heterocycles. The molecule has 1 aliphatic rings. The molecular formula is C10H17N. The fourth-order valence-corrected chi connectivity index (χ4v) is 1.44.